The highest BCUT2D eigenvalue weighted by Crippen LogP contribution is 2.45. The molecule has 1 aliphatic carbocycles. The van der Waals surface area contributed by atoms with E-state index in [0.717, 1.165) is 43.1 Å². The fraction of sp³-hybridized carbons (Fsp3) is 0.684. The van der Waals surface area contributed by atoms with Crippen molar-refractivity contribution in [3.63, 3.8) is 0 Å². The smallest absolute Gasteiger partial charge is 0.128 e. The van der Waals surface area contributed by atoms with E-state index < -0.39 is 0 Å². The molecule has 1 unspecified atom stereocenters. The second-order valence-electron chi connectivity index (χ2n) is 7.86. The minimum absolute atomic E-state index is 0.362. The summed E-state index contributed by atoms with van der Waals surface area (Å²) in [5.74, 6) is 2.14. The predicted molar refractivity (Wildman–Crippen MR) is 85.5 cm³/mol. The van der Waals surface area contributed by atoms with Crippen LogP contribution in [0.2, 0.25) is 0 Å². The van der Waals surface area contributed by atoms with Gasteiger partial charge in [-0.3, -0.25) is 0 Å². The highest BCUT2D eigenvalue weighted by Gasteiger charge is 2.34. The lowest BCUT2D eigenvalue weighted by molar-refractivity contribution is 0.0513. The molecule has 2 heteroatoms. The van der Waals surface area contributed by atoms with Crippen molar-refractivity contribution < 1.29 is 9.84 Å². The largest absolute Gasteiger partial charge is 0.493 e. The lowest BCUT2D eigenvalue weighted by Gasteiger charge is -2.38. The van der Waals surface area contributed by atoms with Gasteiger partial charge in [0, 0.05) is 12.0 Å². The number of benzene rings is 1. The number of aliphatic hydroxyl groups excluding tert-OH is 1. The molecule has 1 saturated carbocycles. The van der Waals surface area contributed by atoms with Gasteiger partial charge in [0.2, 0.25) is 0 Å². The Bertz CT molecular complexity index is 493. The lowest BCUT2D eigenvalue weighted by Crippen LogP contribution is -2.28. The molecule has 1 aromatic rings. The third-order valence-electron chi connectivity index (χ3n) is 5.51. The third kappa shape index (κ3) is 2.96. The first-order valence-corrected chi connectivity index (χ1v) is 8.39. The van der Waals surface area contributed by atoms with Gasteiger partial charge < -0.3 is 9.84 Å². The Hall–Kier alpha value is -1.02. The summed E-state index contributed by atoms with van der Waals surface area (Å²) >= 11 is 0. The van der Waals surface area contributed by atoms with Crippen molar-refractivity contribution >= 4 is 0 Å². The van der Waals surface area contributed by atoms with Gasteiger partial charge in [-0.05, 0) is 48.5 Å². The third-order valence-corrected chi connectivity index (χ3v) is 5.51. The van der Waals surface area contributed by atoms with Crippen LogP contribution < -0.4 is 4.74 Å². The predicted octanol–water partition coefficient (Wildman–Crippen LogP) is 4.51. The van der Waals surface area contributed by atoms with E-state index in [2.05, 4.69) is 32.9 Å². The number of hydrogen-bond acceptors (Lipinski definition) is 2. The van der Waals surface area contributed by atoms with Crippen LogP contribution in [-0.4, -0.2) is 11.7 Å². The fourth-order valence-corrected chi connectivity index (χ4v) is 4.03. The SMILES string of the molecule is CC(C)(C)C1CCC(C(O)c2cccc3c2OCC3)CC1. The summed E-state index contributed by atoms with van der Waals surface area (Å²) in [7, 11) is 0. The van der Waals surface area contributed by atoms with Crippen LogP contribution in [0.15, 0.2) is 18.2 Å². The maximum Gasteiger partial charge on any atom is 0.128 e. The molecule has 0 bridgehead atoms. The van der Waals surface area contributed by atoms with Crippen LogP contribution in [-0.2, 0) is 6.42 Å². The molecule has 116 valence electrons. The van der Waals surface area contributed by atoms with Gasteiger partial charge in [-0.15, -0.1) is 0 Å². The zero-order chi connectivity index (χ0) is 15.0. The highest BCUT2D eigenvalue weighted by molar-refractivity contribution is 5.45. The lowest BCUT2D eigenvalue weighted by atomic mass is 9.68. The van der Waals surface area contributed by atoms with Gasteiger partial charge in [-0.25, -0.2) is 0 Å². The number of rotatable bonds is 2. The molecule has 1 N–H and O–H groups in total. The summed E-state index contributed by atoms with van der Waals surface area (Å²) in [6, 6.07) is 6.23. The van der Waals surface area contributed by atoms with E-state index in [4.69, 9.17) is 4.74 Å². The molecule has 2 nitrogen and oxygen atoms in total. The van der Waals surface area contributed by atoms with Crippen molar-refractivity contribution in [3.05, 3.63) is 29.3 Å². The van der Waals surface area contributed by atoms with Crippen molar-refractivity contribution in [1.29, 1.82) is 0 Å². The maximum atomic E-state index is 10.8. The number of hydrogen-bond donors (Lipinski definition) is 1. The van der Waals surface area contributed by atoms with Gasteiger partial charge >= 0.3 is 0 Å². The molecule has 0 radical (unpaired) electrons. The molecular formula is C19H28O2. The normalized spacial score (nSPS) is 27.0. The van der Waals surface area contributed by atoms with Crippen LogP contribution in [0.4, 0.5) is 0 Å². The zero-order valence-corrected chi connectivity index (χ0v) is 13.6. The van der Waals surface area contributed by atoms with Crippen molar-refractivity contribution in [2.24, 2.45) is 17.3 Å². The summed E-state index contributed by atoms with van der Waals surface area (Å²) < 4.78 is 5.76. The molecule has 2 aliphatic rings. The van der Waals surface area contributed by atoms with Crippen molar-refractivity contribution in [1.82, 2.24) is 0 Å². The maximum absolute atomic E-state index is 10.8. The van der Waals surface area contributed by atoms with Crippen molar-refractivity contribution in [3.8, 4) is 5.75 Å². The van der Waals surface area contributed by atoms with E-state index in [1.165, 1.54) is 18.4 Å². The van der Waals surface area contributed by atoms with Crippen LogP contribution in [0, 0.1) is 17.3 Å². The molecule has 0 aromatic heterocycles. The second kappa shape index (κ2) is 5.64. The first-order chi connectivity index (χ1) is 9.97. The van der Waals surface area contributed by atoms with E-state index >= 15 is 0 Å². The van der Waals surface area contributed by atoms with Crippen LogP contribution in [0.5, 0.6) is 5.75 Å². The van der Waals surface area contributed by atoms with Crippen LogP contribution in [0.1, 0.15) is 63.7 Å². The number of para-hydroxylation sites is 1. The minimum atomic E-state index is -0.362. The number of fused-ring (bicyclic) bond motifs is 1. The molecular weight excluding hydrogens is 260 g/mol. The average molecular weight is 288 g/mol. The molecule has 21 heavy (non-hydrogen) atoms. The molecule has 0 saturated heterocycles. The number of ether oxygens (including phenoxy) is 1. The molecule has 1 atom stereocenters. The van der Waals surface area contributed by atoms with E-state index in [1.807, 2.05) is 6.07 Å². The summed E-state index contributed by atoms with van der Waals surface area (Å²) in [6.45, 7) is 7.78. The molecule has 1 aliphatic heterocycles. The van der Waals surface area contributed by atoms with E-state index in [0.29, 0.717) is 11.3 Å². The van der Waals surface area contributed by atoms with Crippen LogP contribution in [0.3, 0.4) is 0 Å². The summed E-state index contributed by atoms with van der Waals surface area (Å²) in [6.07, 6.45) is 5.35. The Balaban J connectivity index is 1.70. The second-order valence-corrected chi connectivity index (χ2v) is 7.86. The average Bonchev–Trinajstić information content (AvgIpc) is 2.94. The first-order valence-electron chi connectivity index (χ1n) is 8.39. The fourth-order valence-electron chi connectivity index (χ4n) is 4.03. The molecule has 0 spiro atoms. The van der Waals surface area contributed by atoms with Gasteiger partial charge in [0.25, 0.3) is 0 Å². The Labute approximate surface area is 128 Å². The quantitative estimate of drug-likeness (QED) is 0.867. The van der Waals surface area contributed by atoms with E-state index in [9.17, 15) is 5.11 Å². The van der Waals surface area contributed by atoms with Gasteiger partial charge in [0.1, 0.15) is 5.75 Å². The van der Waals surface area contributed by atoms with Gasteiger partial charge in [0.15, 0.2) is 0 Å². The molecule has 3 rings (SSSR count). The molecule has 1 aromatic carbocycles. The molecule has 1 heterocycles. The Morgan fingerprint density at radius 1 is 1.14 bits per heavy atom. The summed E-state index contributed by atoms with van der Waals surface area (Å²) in [5, 5.41) is 10.8. The molecule has 0 amide bonds. The van der Waals surface area contributed by atoms with E-state index in [1.54, 1.807) is 0 Å². The minimum Gasteiger partial charge on any atom is -0.493 e. The Morgan fingerprint density at radius 2 is 1.86 bits per heavy atom. The summed E-state index contributed by atoms with van der Waals surface area (Å²) in [5.41, 5.74) is 2.67. The summed E-state index contributed by atoms with van der Waals surface area (Å²) in [4.78, 5) is 0. The monoisotopic (exact) mass is 288 g/mol. The van der Waals surface area contributed by atoms with Crippen LogP contribution in [0.25, 0.3) is 0 Å². The van der Waals surface area contributed by atoms with Gasteiger partial charge in [-0.1, -0.05) is 39.0 Å². The van der Waals surface area contributed by atoms with Gasteiger partial charge in [-0.2, -0.15) is 0 Å². The van der Waals surface area contributed by atoms with Crippen molar-refractivity contribution in [2.45, 2.75) is 59.0 Å². The highest BCUT2D eigenvalue weighted by atomic mass is 16.5. The Morgan fingerprint density at radius 3 is 2.52 bits per heavy atom. The molecule has 1 fully saturated rings. The zero-order valence-electron chi connectivity index (χ0n) is 13.6. The standard InChI is InChI=1S/C19H28O2/c1-19(2,3)15-9-7-13(8-10-15)17(20)16-6-4-5-14-11-12-21-18(14)16/h4-6,13,15,17,20H,7-12H2,1-3H3. The topological polar surface area (TPSA) is 29.5 Å². The van der Waals surface area contributed by atoms with Gasteiger partial charge in [0.05, 0.1) is 12.7 Å². The Kier molecular flexibility index (Phi) is 4.00. The van der Waals surface area contributed by atoms with Crippen molar-refractivity contribution in [2.75, 3.05) is 6.61 Å². The first kappa shape index (κ1) is 14.9. The van der Waals surface area contributed by atoms with E-state index in [-0.39, 0.29) is 6.10 Å². The number of aliphatic hydroxyl groups is 1. The van der Waals surface area contributed by atoms with Crippen LogP contribution >= 0.6 is 0 Å².